The van der Waals surface area contributed by atoms with Crippen LogP contribution in [0.25, 0.3) is 0 Å². The maximum absolute atomic E-state index is 13.4. The lowest BCUT2D eigenvalue weighted by Gasteiger charge is -2.06. The van der Waals surface area contributed by atoms with Crippen LogP contribution < -0.4 is 16.6 Å². The number of benzene rings is 1. The first-order chi connectivity index (χ1) is 9.01. The topological polar surface area (TPSA) is 93.2 Å². The first-order valence-corrected chi connectivity index (χ1v) is 5.21. The zero-order chi connectivity index (χ0) is 14.0. The quantitative estimate of drug-likeness (QED) is 0.583. The highest BCUT2D eigenvalue weighted by Crippen LogP contribution is 2.20. The van der Waals surface area contributed by atoms with Gasteiger partial charge in [-0.1, -0.05) is 5.16 Å². The van der Waals surface area contributed by atoms with Gasteiger partial charge in [0, 0.05) is 11.6 Å². The first kappa shape index (κ1) is 13.0. The van der Waals surface area contributed by atoms with E-state index in [4.69, 9.17) is 10.4 Å². The molecule has 1 aromatic heterocycles. The molecule has 0 spiro atoms. The number of aryl methyl sites for hydroxylation is 1. The number of nitrogens with two attached hydrogens (primary N) is 1. The number of nitrogen functional groups attached to an aromatic ring is 1. The van der Waals surface area contributed by atoms with Crippen LogP contribution in [0, 0.1) is 18.6 Å². The molecule has 0 aliphatic rings. The zero-order valence-electron chi connectivity index (χ0n) is 9.83. The summed E-state index contributed by atoms with van der Waals surface area (Å²) in [6, 6.07) is 3.20. The average Bonchev–Trinajstić information content (AvgIpc) is 2.74. The predicted octanol–water partition coefficient (Wildman–Crippen LogP) is 1.80. The molecule has 4 N–H and O–H groups in total. The van der Waals surface area contributed by atoms with Gasteiger partial charge in [0.15, 0.2) is 17.5 Å². The van der Waals surface area contributed by atoms with Crippen molar-refractivity contribution in [1.29, 1.82) is 0 Å². The van der Waals surface area contributed by atoms with E-state index in [9.17, 15) is 13.6 Å². The van der Waals surface area contributed by atoms with Gasteiger partial charge in [-0.25, -0.2) is 8.78 Å². The van der Waals surface area contributed by atoms with Crippen LogP contribution in [0.15, 0.2) is 22.7 Å². The average molecular weight is 268 g/mol. The molecule has 0 bridgehead atoms. The largest absolute Gasteiger partial charge is 0.360 e. The molecule has 8 heteroatoms. The summed E-state index contributed by atoms with van der Waals surface area (Å²) in [6.07, 6.45) is 0. The molecule has 1 aromatic carbocycles. The van der Waals surface area contributed by atoms with Crippen LogP contribution in [-0.4, -0.2) is 11.1 Å². The number of hydrogen-bond donors (Lipinski definition) is 3. The van der Waals surface area contributed by atoms with Crippen LogP contribution >= 0.6 is 0 Å². The van der Waals surface area contributed by atoms with Crippen molar-refractivity contribution in [3.8, 4) is 0 Å². The highest BCUT2D eigenvalue weighted by Gasteiger charge is 2.15. The summed E-state index contributed by atoms with van der Waals surface area (Å²) in [7, 11) is 0. The Labute approximate surface area is 106 Å². The van der Waals surface area contributed by atoms with Gasteiger partial charge in [0.1, 0.15) is 11.4 Å². The van der Waals surface area contributed by atoms with Crippen molar-refractivity contribution in [2.24, 2.45) is 5.84 Å². The Morgan fingerprint density at radius 3 is 2.42 bits per heavy atom. The van der Waals surface area contributed by atoms with E-state index in [0.29, 0.717) is 5.76 Å². The van der Waals surface area contributed by atoms with E-state index in [2.05, 4.69) is 10.5 Å². The molecule has 0 saturated carbocycles. The number of anilines is 2. The third kappa shape index (κ3) is 2.68. The van der Waals surface area contributed by atoms with Crippen LogP contribution in [0.5, 0.6) is 0 Å². The molecule has 2 aromatic rings. The molecular weight excluding hydrogens is 258 g/mol. The van der Waals surface area contributed by atoms with Crippen molar-refractivity contribution in [3.05, 3.63) is 41.2 Å². The number of rotatable bonds is 3. The number of nitrogens with one attached hydrogen (secondary N) is 2. The lowest BCUT2D eigenvalue weighted by molar-refractivity contribution is 0.102. The number of nitrogens with zero attached hydrogens (tertiary/aromatic N) is 1. The number of carbonyl (C=O) groups excluding carboxylic acids is 1. The van der Waals surface area contributed by atoms with Crippen molar-refractivity contribution in [2.45, 2.75) is 6.92 Å². The summed E-state index contributed by atoms with van der Waals surface area (Å²) in [6.45, 7) is 1.64. The molecule has 0 aliphatic heterocycles. The maximum Gasteiger partial charge on any atom is 0.257 e. The third-order valence-electron chi connectivity index (χ3n) is 2.32. The van der Waals surface area contributed by atoms with Crippen LogP contribution in [0.3, 0.4) is 0 Å². The number of hydrazine groups is 1. The van der Waals surface area contributed by atoms with Crippen molar-refractivity contribution in [2.75, 3.05) is 10.7 Å². The van der Waals surface area contributed by atoms with Gasteiger partial charge in [0.2, 0.25) is 0 Å². The number of aromatic nitrogens is 1. The Hall–Kier alpha value is -2.48. The molecule has 0 atom stereocenters. The third-order valence-corrected chi connectivity index (χ3v) is 2.32. The minimum absolute atomic E-state index is 0.157. The van der Waals surface area contributed by atoms with E-state index in [0.717, 1.165) is 12.1 Å². The second-order valence-corrected chi connectivity index (χ2v) is 3.74. The van der Waals surface area contributed by atoms with Gasteiger partial charge in [-0.05, 0) is 19.1 Å². The SMILES string of the molecule is Cc1cc(NC(=O)c2cc(F)c(NN)c(F)c2)no1. The second kappa shape index (κ2) is 5.02. The van der Waals surface area contributed by atoms with E-state index in [1.54, 1.807) is 6.92 Å². The van der Waals surface area contributed by atoms with Crippen molar-refractivity contribution >= 4 is 17.4 Å². The lowest BCUT2D eigenvalue weighted by atomic mass is 10.1. The zero-order valence-corrected chi connectivity index (χ0v) is 9.83. The second-order valence-electron chi connectivity index (χ2n) is 3.74. The van der Waals surface area contributed by atoms with E-state index in [1.807, 2.05) is 5.43 Å². The van der Waals surface area contributed by atoms with E-state index in [1.165, 1.54) is 6.07 Å². The molecule has 1 heterocycles. The molecule has 0 unspecified atom stereocenters. The number of amides is 1. The molecule has 100 valence electrons. The fourth-order valence-corrected chi connectivity index (χ4v) is 1.46. The monoisotopic (exact) mass is 268 g/mol. The fourth-order valence-electron chi connectivity index (χ4n) is 1.46. The predicted molar refractivity (Wildman–Crippen MR) is 63.4 cm³/mol. The molecule has 0 aliphatic carbocycles. The summed E-state index contributed by atoms with van der Waals surface area (Å²) >= 11 is 0. The Bertz CT molecular complexity index is 604. The molecule has 0 radical (unpaired) electrons. The summed E-state index contributed by atoms with van der Waals surface area (Å²) in [5.41, 5.74) is 1.17. The van der Waals surface area contributed by atoms with Gasteiger partial charge in [-0.3, -0.25) is 10.6 Å². The summed E-state index contributed by atoms with van der Waals surface area (Å²) < 4.78 is 31.6. The molecule has 1 amide bonds. The summed E-state index contributed by atoms with van der Waals surface area (Å²) in [4.78, 5) is 11.7. The van der Waals surface area contributed by atoms with Gasteiger partial charge in [-0.2, -0.15) is 0 Å². The number of halogens is 2. The van der Waals surface area contributed by atoms with Gasteiger partial charge in [0.05, 0.1) is 0 Å². The van der Waals surface area contributed by atoms with Crippen molar-refractivity contribution in [3.63, 3.8) is 0 Å². The molecule has 19 heavy (non-hydrogen) atoms. The van der Waals surface area contributed by atoms with E-state index >= 15 is 0 Å². The Balaban J connectivity index is 2.24. The van der Waals surface area contributed by atoms with Crippen LogP contribution in [-0.2, 0) is 0 Å². The van der Waals surface area contributed by atoms with Crippen molar-refractivity contribution < 1.29 is 18.1 Å². The van der Waals surface area contributed by atoms with Gasteiger partial charge >= 0.3 is 0 Å². The maximum atomic E-state index is 13.4. The molecule has 0 fully saturated rings. The highest BCUT2D eigenvalue weighted by atomic mass is 19.1. The summed E-state index contributed by atoms with van der Waals surface area (Å²) in [5, 5.41) is 5.88. The van der Waals surface area contributed by atoms with Crippen LogP contribution in [0.2, 0.25) is 0 Å². The first-order valence-electron chi connectivity index (χ1n) is 5.21. The van der Waals surface area contributed by atoms with Gasteiger partial charge in [-0.15, -0.1) is 0 Å². The minimum Gasteiger partial charge on any atom is -0.360 e. The Kier molecular flexibility index (Phi) is 3.43. The highest BCUT2D eigenvalue weighted by molar-refractivity contribution is 6.04. The van der Waals surface area contributed by atoms with Crippen LogP contribution in [0.4, 0.5) is 20.3 Å². The van der Waals surface area contributed by atoms with Crippen LogP contribution in [0.1, 0.15) is 16.1 Å². The lowest BCUT2D eigenvalue weighted by Crippen LogP contribution is -2.15. The van der Waals surface area contributed by atoms with Gasteiger partial charge < -0.3 is 15.3 Å². The smallest absolute Gasteiger partial charge is 0.257 e. The number of hydrogen-bond acceptors (Lipinski definition) is 5. The fraction of sp³-hybridized carbons (Fsp3) is 0.0909. The normalized spacial score (nSPS) is 10.3. The Morgan fingerprint density at radius 2 is 1.95 bits per heavy atom. The molecule has 2 rings (SSSR count). The summed E-state index contributed by atoms with van der Waals surface area (Å²) in [5.74, 6) is 2.95. The minimum atomic E-state index is -0.969. The van der Waals surface area contributed by atoms with Crippen molar-refractivity contribution in [1.82, 2.24) is 5.16 Å². The molecule has 0 saturated heterocycles. The van der Waals surface area contributed by atoms with E-state index < -0.39 is 23.2 Å². The molecular formula is C11H10F2N4O2. The standard InChI is InChI=1S/C11H10F2N4O2/c1-5-2-9(17-19-5)15-11(18)6-3-7(12)10(16-14)8(13)4-6/h2-4,16H,14H2,1H3,(H,15,17,18). The Morgan fingerprint density at radius 1 is 1.32 bits per heavy atom. The number of carbonyl (C=O) groups is 1. The molecule has 6 nitrogen and oxygen atoms in total. The van der Waals surface area contributed by atoms with Gasteiger partial charge in [0.25, 0.3) is 5.91 Å². The van der Waals surface area contributed by atoms with E-state index in [-0.39, 0.29) is 11.4 Å².